The molecular formula is C43H35NO3P+. The molecule has 7 aromatic rings. The second-order valence-electron chi connectivity index (χ2n) is 10.7. The van der Waals surface area contributed by atoms with Gasteiger partial charge >= 0.3 is 0 Å². The summed E-state index contributed by atoms with van der Waals surface area (Å²) in [6.07, 6.45) is 0. The second-order valence-corrected chi connectivity index (χ2v) is 14.1. The fraction of sp³-hybridized carbons (Fsp3) is 0. The fourth-order valence-corrected chi connectivity index (χ4v) is 9.68. The van der Waals surface area contributed by atoms with Crippen molar-refractivity contribution in [1.82, 2.24) is 0 Å². The Balaban J connectivity index is 0.000000163. The minimum absolute atomic E-state index is 0.201. The molecule has 234 valence electrons. The first-order chi connectivity index (χ1) is 23.5. The first-order valence-corrected chi connectivity index (χ1v) is 17.2. The summed E-state index contributed by atoms with van der Waals surface area (Å²) < 4.78 is 0. The molecular weight excluding hydrogens is 609 g/mol. The van der Waals surface area contributed by atoms with Crippen LogP contribution < -0.4 is 21.2 Å². The normalized spacial score (nSPS) is 10.3. The van der Waals surface area contributed by atoms with Gasteiger partial charge in [-0.25, -0.2) is 4.85 Å². The molecule has 5 heteroatoms. The first-order valence-electron chi connectivity index (χ1n) is 15.4. The van der Waals surface area contributed by atoms with Crippen LogP contribution in [0.1, 0.15) is 0 Å². The number of para-hydroxylation sites is 1. The van der Waals surface area contributed by atoms with Crippen molar-refractivity contribution in [3.63, 3.8) is 0 Å². The van der Waals surface area contributed by atoms with Crippen LogP contribution in [0.5, 0.6) is 17.2 Å². The fourth-order valence-electron chi connectivity index (χ4n) is 5.42. The van der Waals surface area contributed by atoms with Crippen molar-refractivity contribution in [2.45, 2.75) is 0 Å². The van der Waals surface area contributed by atoms with Crippen LogP contribution in [0.25, 0.3) is 16.0 Å². The summed E-state index contributed by atoms with van der Waals surface area (Å²) in [7, 11) is -1.91. The van der Waals surface area contributed by atoms with Crippen LogP contribution >= 0.6 is 7.26 Å². The Bertz CT molecular complexity index is 1890. The summed E-state index contributed by atoms with van der Waals surface area (Å²) in [5.41, 5.74) is 2.24. The van der Waals surface area contributed by atoms with Gasteiger partial charge in [-0.05, 0) is 72.3 Å². The van der Waals surface area contributed by atoms with Gasteiger partial charge in [-0.3, -0.25) is 0 Å². The number of phenols is 3. The van der Waals surface area contributed by atoms with Crippen LogP contribution in [0, 0.1) is 6.57 Å². The third kappa shape index (κ3) is 7.80. The maximum atomic E-state index is 9.56. The van der Waals surface area contributed by atoms with Crippen molar-refractivity contribution in [3.8, 4) is 28.4 Å². The number of benzene rings is 7. The van der Waals surface area contributed by atoms with Crippen molar-refractivity contribution in [2.24, 2.45) is 0 Å². The lowest BCUT2D eigenvalue weighted by molar-refractivity contribution is 0.404. The highest BCUT2D eigenvalue weighted by molar-refractivity contribution is 8.01. The molecule has 0 aromatic heterocycles. The van der Waals surface area contributed by atoms with E-state index >= 15 is 0 Å². The molecule has 0 saturated heterocycles. The molecule has 0 amide bonds. The van der Waals surface area contributed by atoms with Crippen molar-refractivity contribution in [1.29, 1.82) is 0 Å². The topological polar surface area (TPSA) is 65.0 Å². The van der Waals surface area contributed by atoms with Crippen LogP contribution in [0.2, 0.25) is 0 Å². The molecule has 0 aliphatic carbocycles. The Labute approximate surface area is 282 Å². The van der Waals surface area contributed by atoms with E-state index < -0.39 is 7.26 Å². The van der Waals surface area contributed by atoms with E-state index in [0.29, 0.717) is 11.4 Å². The van der Waals surface area contributed by atoms with Crippen LogP contribution in [-0.2, 0) is 0 Å². The minimum atomic E-state index is -1.91. The summed E-state index contributed by atoms with van der Waals surface area (Å²) in [5.74, 6) is -0.130. The molecule has 0 atom stereocenters. The average molecular weight is 645 g/mol. The third-order valence-electron chi connectivity index (χ3n) is 7.65. The van der Waals surface area contributed by atoms with E-state index in [9.17, 15) is 5.11 Å². The van der Waals surface area contributed by atoms with Gasteiger partial charge in [-0.2, -0.15) is 0 Å². The zero-order valence-electron chi connectivity index (χ0n) is 26.2. The Morgan fingerprint density at radius 3 is 1.12 bits per heavy atom. The van der Waals surface area contributed by atoms with Gasteiger partial charge in [0, 0.05) is 5.56 Å². The third-order valence-corrected chi connectivity index (χ3v) is 11.9. The zero-order valence-corrected chi connectivity index (χ0v) is 27.1. The van der Waals surface area contributed by atoms with Gasteiger partial charge in [-0.15, -0.1) is 0 Å². The maximum absolute atomic E-state index is 9.56. The minimum Gasteiger partial charge on any atom is -0.507 e. The standard InChI is InChI=1S/C24H20P.C12H10O.C7H5NO2/c1-5-13-21(14-6-1)25(22-15-7-2-8-16-22,23-17-9-3-10-18-23)24-19-11-4-12-20-24;13-12-9-5-4-8-11(12)10-6-2-1-3-7-10;1-8-5-2-3-6(9)7(10)4-5/h1-20H;1-9,13H;2-4,9-10H/q+1;;. The molecule has 0 aliphatic heterocycles. The van der Waals surface area contributed by atoms with Crippen LogP contribution in [0.15, 0.2) is 194 Å². The van der Waals surface area contributed by atoms with Crippen molar-refractivity contribution in [3.05, 3.63) is 206 Å². The lowest BCUT2D eigenvalue weighted by Gasteiger charge is -2.27. The Morgan fingerprint density at radius 2 is 0.750 bits per heavy atom. The Morgan fingerprint density at radius 1 is 0.375 bits per heavy atom. The van der Waals surface area contributed by atoms with Gasteiger partial charge in [0.05, 0.1) is 6.57 Å². The predicted octanol–water partition coefficient (Wildman–Crippen LogP) is 9.01. The average Bonchev–Trinajstić information content (AvgIpc) is 3.16. The molecule has 0 bridgehead atoms. The van der Waals surface area contributed by atoms with Gasteiger partial charge in [0.2, 0.25) is 0 Å². The van der Waals surface area contributed by atoms with Gasteiger partial charge in [0.1, 0.15) is 40.0 Å². The summed E-state index contributed by atoms with van der Waals surface area (Å²) in [4.78, 5) is 3.05. The smallest absolute Gasteiger partial charge is 0.191 e. The molecule has 48 heavy (non-hydrogen) atoms. The molecule has 0 saturated carbocycles. The number of phenolic OH excluding ortho intramolecular Hbond substituents is 3. The van der Waals surface area contributed by atoms with Crippen molar-refractivity contribution >= 4 is 34.2 Å². The molecule has 0 aliphatic rings. The van der Waals surface area contributed by atoms with E-state index in [1.807, 2.05) is 48.5 Å². The largest absolute Gasteiger partial charge is 0.507 e. The summed E-state index contributed by atoms with van der Waals surface area (Å²) in [6, 6.07) is 64.9. The lowest BCUT2D eigenvalue weighted by atomic mass is 10.1. The van der Waals surface area contributed by atoms with Crippen LogP contribution in [0.3, 0.4) is 0 Å². The number of aromatic hydroxyl groups is 3. The molecule has 3 N–H and O–H groups in total. The number of hydrogen-bond donors (Lipinski definition) is 3. The SMILES string of the molecule is Oc1ccccc1-c1ccccc1.[C-]#[N+]c1ccc(O)c(O)c1.c1ccc([P+](c2ccccc2)(c2ccccc2)c2ccccc2)cc1. The molecule has 0 radical (unpaired) electrons. The lowest BCUT2D eigenvalue weighted by Crippen LogP contribution is -2.38. The summed E-state index contributed by atoms with van der Waals surface area (Å²) >= 11 is 0. The number of nitrogens with zero attached hydrogens (tertiary/aromatic N) is 1. The van der Waals surface area contributed by atoms with E-state index in [-0.39, 0.29) is 11.5 Å². The highest BCUT2D eigenvalue weighted by atomic mass is 31.2. The van der Waals surface area contributed by atoms with E-state index in [1.54, 1.807) is 6.07 Å². The Kier molecular flexibility index (Phi) is 11.4. The first kappa shape index (κ1) is 33.2. The van der Waals surface area contributed by atoms with Crippen molar-refractivity contribution < 1.29 is 15.3 Å². The van der Waals surface area contributed by atoms with Crippen LogP contribution in [-0.4, -0.2) is 15.3 Å². The highest BCUT2D eigenvalue weighted by Crippen LogP contribution is 2.54. The summed E-state index contributed by atoms with van der Waals surface area (Å²) in [6.45, 7) is 6.54. The molecule has 0 fully saturated rings. The number of rotatable bonds is 5. The quantitative estimate of drug-likeness (QED) is 0.0996. The molecule has 0 spiro atoms. The predicted molar refractivity (Wildman–Crippen MR) is 201 cm³/mol. The van der Waals surface area contributed by atoms with Crippen molar-refractivity contribution in [2.75, 3.05) is 0 Å². The van der Waals surface area contributed by atoms with Crippen LogP contribution in [0.4, 0.5) is 5.69 Å². The molecule has 7 rings (SSSR count). The zero-order chi connectivity index (χ0) is 33.6. The van der Waals surface area contributed by atoms with E-state index in [4.69, 9.17) is 16.8 Å². The monoisotopic (exact) mass is 644 g/mol. The summed E-state index contributed by atoms with van der Waals surface area (Å²) in [5, 5.41) is 32.7. The van der Waals surface area contributed by atoms with Gasteiger partial charge in [0.25, 0.3) is 0 Å². The number of hydrogen-bond acceptors (Lipinski definition) is 3. The van der Waals surface area contributed by atoms with Gasteiger partial charge in [-0.1, -0.05) is 127 Å². The Hall–Kier alpha value is -6.14. The second kappa shape index (κ2) is 16.4. The molecule has 7 aromatic carbocycles. The maximum Gasteiger partial charge on any atom is 0.191 e. The van der Waals surface area contributed by atoms with E-state index in [0.717, 1.165) is 11.1 Å². The molecule has 4 nitrogen and oxygen atoms in total. The molecule has 0 heterocycles. The highest BCUT2D eigenvalue weighted by Gasteiger charge is 2.47. The van der Waals surface area contributed by atoms with Gasteiger partial charge in [0.15, 0.2) is 11.4 Å². The van der Waals surface area contributed by atoms with E-state index in [1.165, 1.54) is 39.4 Å². The molecule has 0 unspecified atom stereocenters. The van der Waals surface area contributed by atoms with Gasteiger partial charge < -0.3 is 15.3 Å². The van der Waals surface area contributed by atoms with E-state index in [2.05, 4.69) is 126 Å².